The maximum absolute atomic E-state index is 11.7. The molecule has 0 saturated heterocycles. The van der Waals surface area contributed by atoms with Gasteiger partial charge in [0.2, 0.25) is 0 Å². The summed E-state index contributed by atoms with van der Waals surface area (Å²) in [5.74, 6) is 0.645. The zero-order valence-electron chi connectivity index (χ0n) is 11.4. The van der Waals surface area contributed by atoms with Crippen LogP contribution in [-0.2, 0) is 9.59 Å². The first-order valence-corrected chi connectivity index (χ1v) is 7.67. The Bertz CT molecular complexity index is 360. The Balaban J connectivity index is 2.85. The molecule has 0 saturated carbocycles. The van der Waals surface area contributed by atoms with Gasteiger partial charge < -0.3 is 5.11 Å². The second-order valence-corrected chi connectivity index (χ2v) is 6.41. The molecule has 3 nitrogen and oxygen atoms in total. The Morgan fingerprint density at radius 1 is 1.50 bits per heavy atom. The summed E-state index contributed by atoms with van der Waals surface area (Å²) in [5.41, 5.74) is 0.0717. The van der Waals surface area contributed by atoms with E-state index in [2.05, 4.69) is 13.8 Å². The normalized spacial score (nSPS) is 22.2. The Morgan fingerprint density at radius 2 is 2.17 bits per heavy atom. The highest BCUT2D eigenvalue weighted by Crippen LogP contribution is 2.33. The van der Waals surface area contributed by atoms with Gasteiger partial charge in [0.05, 0.1) is 5.57 Å². The molecule has 1 aliphatic carbocycles. The highest BCUT2D eigenvalue weighted by atomic mass is 32.2. The van der Waals surface area contributed by atoms with Crippen molar-refractivity contribution in [3.63, 3.8) is 0 Å². The van der Waals surface area contributed by atoms with E-state index in [1.54, 1.807) is 6.92 Å². The summed E-state index contributed by atoms with van der Waals surface area (Å²) < 4.78 is 0. The highest BCUT2D eigenvalue weighted by molar-refractivity contribution is 7.99. The van der Waals surface area contributed by atoms with Crippen molar-refractivity contribution in [3.8, 4) is 0 Å². The molecule has 18 heavy (non-hydrogen) atoms. The fraction of sp³-hybridized carbons (Fsp3) is 0.714. The van der Waals surface area contributed by atoms with Crippen molar-refractivity contribution in [1.82, 2.24) is 0 Å². The predicted octanol–water partition coefficient (Wildman–Crippen LogP) is 3.29. The van der Waals surface area contributed by atoms with Crippen molar-refractivity contribution >= 4 is 23.3 Å². The van der Waals surface area contributed by atoms with E-state index in [1.807, 2.05) is 11.8 Å². The van der Waals surface area contributed by atoms with Crippen LogP contribution in [0.2, 0.25) is 0 Å². The van der Waals surface area contributed by atoms with Crippen LogP contribution in [0.4, 0.5) is 0 Å². The van der Waals surface area contributed by atoms with Crippen LogP contribution in [0.5, 0.6) is 0 Å². The summed E-state index contributed by atoms with van der Waals surface area (Å²) in [6.45, 7) is 5.95. The number of ketones is 2. The summed E-state index contributed by atoms with van der Waals surface area (Å²) in [5, 5.41) is 10.6. The van der Waals surface area contributed by atoms with Crippen LogP contribution in [0, 0.1) is 5.92 Å². The van der Waals surface area contributed by atoms with Crippen molar-refractivity contribution < 1.29 is 14.7 Å². The molecule has 1 N–H and O–H groups in total. The van der Waals surface area contributed by atoms with Gasteiger partial charge in [0.25, 0.3) is 0 Å². The average molecular weight is 270 g/mol. The molecule has 0 amide bonds. The zero-order valence-corrected chi connectivity index (χ0v) is 12.2. The van der Waals surface area contributed by atoms with Gasteiger partial charge in [-0.05, 0) is 18.6 Å². The quantitative estimate of drug-likeness (QED) is 0.752. The van der Waals surface area contributed by atoms with E-state index in [-0.39, 0.29) is 35.2 Å². The summed E-state index contributed by atoms with van der Waals surface area (Å²) in [7, 11) is 0. The summed E-state index contributed by atoms with van der Waals surface area (Å²) in [4.78, 5) is 23.4. The number of hydrogen-bond acceptors (Lipinski definition) is 4. The molecule has 2 unspecified atom stereocenters. The van der Waals surface area contributed by atoms with Crippen molar-refractivity contribution in [2.24, 2.45) is 5.92 Å². The lowest BCUT2D eigenvalue weighted by Gasteiger charge is -2.25. The first kappa shape index (κ1) is 15.3. The van der Waals surface area contributed by atoms with Gasteiger partial charge in [-0.3, -0.25) is 9.59 Å². The number of thioether (sulfide) groups is 1. The van der Waals surface area contributed by atoms with Gasteiger partial charge in [-0.1, -0.05) is 20.8 Å². The average Bonchev–Trinajstić information content (AvgIpc) is 2.33. The molecule has 2 atom stereocenters. The van der Waals surface area contributed by atoms with Gasteiger partial charge in [-0.25, -0.2) is 0 Å². The largest absolute Gasteiger partial charge is 0.511 e. The number of aliphatic hydroxyl groups excluding tert-OH is 1. The molecule has 0 aliphatic heterocycles. The molecule has 0 aromatic carbocycles. The second kappa shape index (κ2) is 6.98. The van der Waals surface area contributed by atoms with E-state index in [0.29, 0.717) is 18.1 Å². The number of rotatable bonds is 6. The standard InChI is InChI=1S/C14H22O3S/c1-4-11(15)13-12(16)7-6-10(14(13)17)8-9(3)18-5-2/h9-10,17H,4-8H2,1-3H3. The minimum Gasteiger partial charge on any atom is -0.511 e. The van der Waals surface area contributed by atoms with E-state index >= 15 is 0 Å². The van der Waals surface area contributed by atoms with E-state index in [4.69, 9.17) is 0 Å². The third kappa shape index (κ3) is 3.61. The molecule has 0 aromatic heterocycles. The fourth-order valence-corrected chi connectivity index (χ4v) is 3.31. The molecule has 1 aliphatic rings. The minimum atomic E-state index is -0.224. The Morgan fingerprint density at radius 3 is 2.72 bits per heavy atom. The zero-order chi connectivity index (χ0) is 13.7. The monoisotopic (exact) mass is 270 g/mol. The van der Waals surface area contributed by atoms with Crippen LogP contribution in [0.1, 0.15) is 46.5 Å². The van der Waals surface area contributed by atoms with Crippen LogP contribution in [-0.4, -0.2) is 27.7 Å². The molecule has 4 heteroatoms. The number of carbonyl (C=O) groups excluding carboxylic acids is 2. The van der Waals surface area contributed by atoms with E-state index in [1.165, 1.54) is 0 Å². The Labute approximate surface area is 113 Å². The van der Waals surface area contributed by atoms with Crippen molar-refractivity contribution in [2.75, 3.05) is 5.75 Å². The lowest BCUT2D eigenvalue weighted by Crippen LogP contribution is -2.25. The second-order valence-electron chi connectivity index (χ2n) is 4.70. The van der Waals surface area contributed by atoms with Gasteiger partial charge in [0.15, 0.2) is 11.6 Å². The number of allylic oxidation sites excluding steroid dienone is 2. The van der Waals surface area contributed by atoms with Gasteiger partial charge >= 0.3 is 0 Å². The van der Waals surface area contributed by atoms with Gasteiger partial charge in [-0.2, -0.15) is 11.8 Å². The van der Waals surface area contributed by atoms with Crippen molar-refractivity contribution in [3.05, 3.63) is 11.3 Å². The summed E-state index contributed by atoms with van der Waals surface area (Å²) in [6, 6.07) is 0. The number of aliphatic hydroxyl groups is 1. The first-order chi connectivity index (χ1) is 8.51. The first-order valence-electron chi connectivity index (χ1n) is 6.62. The lowest BCUT2D eigenvalue weighted by molar-refractivity contribution is -0.122. The fourth-order valence-electron chi connectivity index (χ4n) is 2.37. The Hall–Kier alpha value is -0.770. The van der Waals surface area contributed by atoms with E-state index < -0.39 is 0 Å². The van der Waals surface area contributed by atoms with Crippen molar-refractivity contribution in [1.29, 1.82) is 0 Å². The highest BCUT2D eigenvalue weighted by Gasteiger charge is 2.32. The van der Waals surface area contributed by atoms with Gasteiger partial charge in [-0.15, -0.1) is 0 Å². The molecule has 0 radical (unpaired) electrons. The van der Waals surface area contributed by atoms with Crippen LogP contribution >= 0.6 is 11.8 Å². The topological polar surface area (TPSA) is 54.4 Å². The SMILES string of the molecule is CCSC(C)CC1CCC(=O)C(C(=O)CC)=C1O. The van der Waals surface area contributed by atoms with Gasteiger partial charge in [0, 0.05) is 24.0 Å². The lowest BCUT2D eigenvalue weighted by atomic mass is 9.83. The summed E-state index contributed by atoms with van der Waals surface area (Å²) >= 11 is 1.84. The number of carbonyl (C=O) groups is 2. The molecule has 0 aromatic rings. The maximum atomic E-state index is 11.7. The number of hydrogen-bond donors (Lipinski definition) is 1. The molecule has 0 spiro atoms. The molecule has 1 rings (SSSR count). The smallest absolute Gasteiger partial charge is 0.169 e. The van der Waals surface area contributed by atoms with E-state index in [0.717, 1.165) is 12.2 Å². The van der Waals surface area contributed by atoms with Gasteiger partial charge in [0.1, 0.15) is 5.76 Å². The molecule has 102 valence electrons. The van der Waals surface area contributed by atoms with Crippen molar-refractivity contribution in [2.45, 2.75) is 51.7 Å². The summed E-state index contributed by atoms with van der Waals surface area (Å²) in [6.07, 6.45) is 2.16. The number of Topliss-reactive ketones (excluding diaryl/α,β-unsaturated/α-hetero) is 2. The third-order valence-electron chi connectivity index (χ3n) is 3.31. The van der Waals surface area contributed by atoms with E-state index in [9.17, 15) is 14.7 Å². The molecule has 0 bridgehead atoms. The molecular formula is C14H22O3S. The minimum absolute atomic E-state index is 0.0257. The Kier molecular flexibility index (Phi) is 5.93. The van der Waals surface area contributed by atoms with Crippen LogP contribution in [0.15, 0.2) is 11.3 Å². The molecular weight excluding hydrogens is 248 g/mol. The maximum Gasteiger partial charge on any atom is 0.169 e. The van der Waals surface area contributed by atoms with Crippen LogP contribution in [0.3, 0.4) is 0 Å². The van der Waals surface area contributed by atoms with Crippen LogP contribution < -0.4 is 0 Å². The predicted molar refractivity (Wildman–Crippen MR) is 74.9 cm³/mol. The molecule has 0 heterocycles. The molecule has 0 fully saturated rings. The third-order valence-corrected chi connectivity index (χ3v) is 4.40. The van der Waals surface area contributed by atoms with Crippen LogP contribution in [0.25, 0.3) is 0 Å².